The number of nitrogens with zero attached hydrogens (tertiary/aromatic N) is 2. The van der Waals surface area contributed by atoms with Gasteiger partial charge < -0.3 is 19.3 Å². The van der Waals surface area contributed by atoms with Crippen molar-refractivity contribution in [2.45, 2.75) is 17.0 Å². The fraction of sp³-hybridized carbons (Fsp3) is 0.533. The lowest BCUT2D eigenvalue weighted by Crippen LogP contribution is -2.48. The molecule has 3 aliphatic rings. The van der Waals surface area contributed by atoms with Crippen LogP contribution in [-0.4, -0.2) is 75.8 Å². The molecule has 2 fully saturated rings. The third-order valence-electron chi connectivity index (χ3n) is 4.54. The van der Waals surface area contributed by atoms with Gasteiger partial charge in [-0.2, -0.15) is 0 Å². The number of carbonyl (C=O) groups is 1. The number of rotatable bonds is 0. The normalized spacial score (nSPS) is 28.5. The first-order valence-corrected chi connectivity index (χ1v) is 9.42. The summed E-state index contributed by atoms with van der Waals surface area (Å²) in [6.45, 7) is 2.83. The molecule has 3 aliphatic heterocycles. The van der Waals surface area contributed by atoms with Crippen LogP contribution in [0.3, 0.4) is 0 Å². The average Bonchev–Trinajstić information content (AvgIpc) is 2.92. The van der Waals surface area contributed by atoms with Crippen LogP contribution in [0.4, 0.5) is 4.79 Å². The topological polar surface area (TPSA) is 88.2 Å². The summed E-state index contributed by atoms with van der Waals surface area (Å²) in [6.07, 6.45) is -0.395. The van der Waals surface area contributed by atoms with E-state index in [0.29, 0.717) is 45.1 Å². The molecule has 9 heteroatoms. The summed E-state index contributed by atoms with van der Waals surface area (Å²) in [6, 6.07) is 6.02. The summed E-state index contributed by atoms with van der Waals surface area (Å²) >= 11 is 0. The van der Waals surface area contributed by atoms with Crippen molar-refractivity contribution < 1.29 is 22.7 Å². The Morgan fingerprint density at radius 1 is 1.12 bits per heavy atom. The number of hydrogen-bond acceptors (Lipinski definition) is 5. The average molecular weight is 353 g/mol. The number of urea groups is 1. The summed E-state index contributed by atoms with van der Waals surface area (Å²) in [4.78, 5) is 16.1. The SMILES string of the molecule is O=C(N1CCOCC1)N1CC2NS(=O)(=O)c3ccccc3OC2C1. The van der Waals surface area contributed by atoms with Crippen molar-refractivity contribution in [2.24, 2.45) is 0 Å². The standard InChI is InChI=1S/C15H19N3O5S/c19-15(17-5-7-22-8-6-17)18-9-11-13(10-18)23-12-3-1-2-4-14(12)24(20,21)16-11/h1-4,11,13,16H,5-10H2. The lowest BCUT2D eigenvalue weighted by Gasteiger charge is -2.31. The zero-order valence-electron chi connectivity index (χ0n) is 13.1. The number of amides is 2. The van der Waals surface area contributed by atoms with Crippen LogP contribution in [0, 0.1) is 0 Å². The van der Waals surface area contributed by atoms with E-state index in [2.05, 4.69) is 4.72 Å². The Morgan fingerprint density at radius 2 is 1.88 bits per heavy atom. The van der Waals surface area contributed by atoms with E-state index in [9.17, 15) is 13.2 Å². The first kappa shape index (κ1) is 15.7. The molecule has 1 aromatic rings. The van der Waals surface area contributed by atoms with Gasteiger partial charge in [0.25, 0.3) is 0 Å². The Bertz CT molecular complexity index is 747. The fourth-order valence-electron chi connectivity index (χ4n) is 3.31. The summed E-state index contributed by atoms with van der Waals surface area (Å²) in [5.41, 5.74) is 0. The van der Waals surface area contributed by atoms with Crippen molar-refractivity contribution >= 4 is 16.1 Å². The number of ether oxygens (including phenoxy) is 2. The Balaban J connectivity index is 1.55. The van der Waals surface area contributed by atoms with E-state index in [1.54, 1.807) is 28.0 Å². The molecule has 0 aliphatic carbocycles. The quantitative estimate of drug-likeness (QED) is 0.702. The highest BCUT2D eigenvalue weighted by Crippen LogP contribution is 2.30. The molecule has 0 radical (unpaired) electrons. The van der Waals surface area contributed by atoms with Crippen LogP contribution in [-0.2, 0) is 14.8 Å². The molecule has 2 atom stereocenters. The lowest BCUT2D eigenvalue weighted by atomic mass is 10.2. The summed E-state index contributed by atoms with van der Waals surface area (Å²) in [7, 11) is -3.65. The first-order chi connectivity index (χ1) is 11.5. The minimum atomic E-state index is -3.65. The van der Waals surface area contributed by atoms with E-state index < -0.39 is 22.2 Å². The van der Waals surface area contributed by atoms with Crippen LogP contribution in [0.15, 0.2) is 29.2 Å². The summed E-state index contributed by atoms with van der Waals surface area (Å²) in [5, 5.41) is 0. The third-order valence-corrected chi connectivity index (χ3v) is 6.07. The molecule has 130 valence electrons. The molecule has 8 nitrogen and oxygen atoms in total. The molecule has 0 bridgehead atoms. The van der Waals surface area contributed by atoms with E-state index in [0.717, 1.165) is 0 Å². The molecule has 1 aromatic carbocycles. The third kappa shape index (κ3) is 2.72. The number of carbonyl (C=O) groups excluding carboxylic acids is 1. The predicted molar refractivity (Wildman–Crippen MR) is 84.3 cm³/mol. The predicted octanol–water partition coefficient (Wildman–Crippen LogP) is -0.138. The van der Waals surface area contributed by atoms with Gasteiger partial charge in [0.1, 0.15) is 16.7 Å². The maximum atomic E-state index is 12.6. The number of nitrogens with one attached hydrogen (secondary N) is 1. The molecule has 2 unspecified atom stereocenters. The molecule has 0 spiro atoms. The largest absolute Gasteiger partial charge is 0.485 e. The van der Waals surface area contributed by atoms with Crippen LogP contribution in [0.2, 0.25) is 0 Å². The Kier molecular flexibility index (Phi) is 3.86. The number of sulfonamides is 1. The maximum Gasteiger partial charge on any atom is 0.320 e. The minimum absolute atomic E-state index is 0.0949. The highest BCUT2D eigenvalue weighted by atomic mass is 32.2. The van der Waals surface area contributed by atoms with E-state index in [-0.39, 0.29) is 10.9 Å². The van der Waals surface area contributed by atoms with Gasteiger partial charge in [-0.15, -0.1) is 0 Å². The van der Waals surface area contributed by atoms with Crippen LogP contribution in [0.25, 0.3) is 0 Å². The van der Waals surface area contributed by atoms with Crippen molar-refractivity contribution in [2.75, 3.05) is 39.4 Å². The van der Waals surface area contributed by atoms with Gasteiger partial charge in [-0.25, -0.2) is 17.9 Å². The molecule has 1 N–H and O–H groups in total. The smallest absolute Gasteiger partial charge is 0.320 e. The molecule has 2 saturated heterocycles. The van der Waals surface area contributed by atoms with Crippen LogP contribution < -0.4 is 9.46 Å². The number of morpholine rings is 1. The molecular formula is C15H19N3O5S. The Hall–Kier alpha value is -1.84. The maximum absolute atomic E-state index is 12.6. The zero-order valence-corrected chi connectivity index (χ0v) is 13.9. The van der Waals surface area contributed by atoms with Crippen LogP contribution >= 0.6 is 0 Å². The molecule has 0 saturated carbocycles. The molecule has 4 rings (SSSR count). The minimum Gasteiger partial charge on any atom is -0.485 e. The van der Waals surface area contributed by atoms with Gasteiger partial charge in [0.2, 0.25) is 10.0 Å². The number of likely N-dealkylation sites (tertiary alicyclic amines) is 1. The Morgan fingerprint density at radius 3 is 2.67 bits per heavy atom. The van der Waals surface area contributed by atoms with E-state index in [1.165, 1.54) is 6.07 Å². The summed E-state index contributed by atoms with van der Waals surface area (Å²) in [5.74, 6) is 0.332. The second kappa shape index (κ2) is 5.91. The van der Waals surface area contributed by atoms with Gasteiger partial charge in [0.05, 0.1) is 25.8 Å². The number of benzene rings is 1. The number of fused-ring (bicyclic) bond motifs is 2. The van der Waals surface area contributed by atoms with Gasteiger partial charge in [-0.05, 0) is 12.1 Å². The van der Waals surface area contributed by atoms with Crippen molar-refractivity contribution in [1.82, 2.24) is 14.5 Å². The highest BCUT2D eigenvalue weighted by molar-refractivity contribution is 7.89. The molecule has 3 heterocycles. The zero-order chi connectivity index (χ0) is 16.7. The van der Waals surface area contributed by atoms with Gasteiger partial charge >= 0.3 is 6.03 Å². The first-order valence-electron chi connectivity index (χ1n) is 7.94. The van der Waals surface area contributed by atoms with Crippen molar-refractivity contribution in [1.29, 1.82) is 0 Å². The van der Waals surface area contributed by atoms with E-state index in [1.807, 2.05) is 0 Å². The second-order valence-corrected chi connectivity index (χ2v) is 7.80. The van der Waals surface area contributed by atoms with Crippen LogP contribution in [0.1, 0.15) is 0 Å². The molecule has 24 heavy (non-hydrogen) atoms. The Labute approximate surface area is 140 Å². The molecular weight excluding hydrogens is 334 g/mol. The van der Waals surface area contributed by atoms with Gasteiger partial charge in [0, 0.05) is 19.6 Å². The summed E-state index contributed by atoms with van der Waals surface area (Å²) < 4.78 is 38.8. The monoisotopic (exact) mass is 353 g/mol. The van der Waals surface area contributed by atoms with Gasteiger partial charge in [0.15, 0.2) is 0 Å². The number of para-hydroxylation sites is 1. The van der Waals surface area contributed by atoms with Crippen molar-refractivity contribution in [3.63, 3.8) is 0 Å². The van der Waals surface area contributed by atoms with E-state index >= 15 is 0 Å². The highest BCUT2D eigenvalue weighted by Gasteiger charge is 2.43. The fourth-order valence-corrected chi connectivity index (χ4v) is 4.70. The van der Waals surface area contributed by atoms with Crippen molar-refractivity contribution in [3.8, 4) is 5.75 Å². The van der Waals surface area contributed by atoms with Crippen LogP contribution in [0.5, 0.6) is 5.75 Å². The second-order valence-electron chi connectivity index (χ2n) is 6.12. The van der Waals surface area contributed by atoms with E-state index in [4.69, 9.17) is 9.47 Å². The van der Waals surface area contributed by atoms with Crippen molar-refractivity contribution in [3.05, 3.63) is 24.3 Å². The number of hydrogen-bond donors (Lipinski definition) is 1. The molecule has 0 aromatic heterocycles. The van der Waals surface area contributed by atoms with Gasteiger partial charge in [-0.3, -0.25) is 0 Å². The lowest BCUT2D eigenvalue weighted by molar-refractivity contribution is 0.0443. The van der Waals surface area contributed by atoms with Gasteiger partial charge in [-0.1, -0.05) is 12.1 Å². The molecule has 2 amide bonds.